The maximum absolute atomic E-state index is 5.69. The quantitative estimate of drug-likeness (QED) is 0.880. The van der Waals surface area contributed by atoms with Crippen LogP contribution in [0.3, 0.4) is 0 Å². The van der Waals surface area contributed by atoms with Gasteiger partial charge in [-0.1, -0.05) is 6.07 Å². The molecular formula is C15H22N2O. The lowest BCUT2D eigenvalue weighted by Gasteiger charge is -2.14. The van der Waals surface area contributed by atoms with Crippen LogP contribution in [0.25, 0.3) is 10.9 Å². The molecule has 0 saturated heterocycles. The van der Waals surface area contributed by atoms with Crippen LogP contribution < -0.4 is 5.73 Å². The van der Waals surface area contributed by atoms with E-state index in [1.54, 1.807) is 0 Å². The molecule has 2 aromatic rings. The van der Waals surface area contributed by atoms with Crippen LogP contribution >= 0.6 is 0 Å². The molecular weight excluding hydrogens is 224 g/mol. The molecule has 0 unspecified atom stereocenters. The molecule has 0 atom stereocenters. The Kier molecular flexibility index (Phi) is 4.04. The SMILES string of the molecule is CCOCc1cc2cc(CN)ccc2n1C(C)C. The van der Waals surface area contributed by atoms with E-state index in [1.165, 1.54) is 22.2 Å². The predicted octanol–water partition coefficient (Wildman–Crippen LogP) is 3.22. The third kappa shape index (κ3) is 2.42. The summed E-state index contributed by atoms with van der Waals surface area (Å²) in [6, 6.07) is 9.08. The maximum Gasteiger partial charge on any atom is 0.0868 e. The molecule has 0 saturated carbocycles. The van der Waals surface area contributed by atoms with Gasteiger partial charge in [-0.15, -0.1) is 0 Å². The Morgan fingerprint density at radius 1 is 1.28 bits per heavy atom. The molecule has 0 radical (unpaired) electrons. The highest BCUT2D eigenvalue weighted by Crippen LogP contribution is 2.25. The molecule has 18 heavy (non-hydrogen) atoms. The summed E-state index contributed by atoms with van der Waals surface area (Å²) >= 11 is 0. The van der Waals surface area contributed by atoms with Crippen molar-refractivity contribution in [2.45, 2.75) is 40.0 Å². The first-order chi connectivity index (χ1) is 8.67. The molecule has 98 valence electrons. The minimum Gasteiger partial charge on any atom is -0.376 e. The van der Waals surface area contributed by atoms with Crippen molar-refractivity contribution in [3.8, 4) is 0 Å². The van der Waals surface area contributed by atoms with Crippen molar-refractivity contribution >= 4 is 10.9 Å². The summed E-state index contributed by atoms with van der Waals surface area (Å²) in [4.78, 5) is 0. The molecule has 2 rings (SSSR count). The van der Waals surface area contributed by atoms with Crippen molar-refractivity contribution in [1.29, 1.82) is 0 Å². The van der Waals surface area contributed by atoms with Gasteiger partial charge in [0.25, 0.3) is 0 Å². The van der Waals surface area contributed by atoms with E-state index in [9.17, 15) is 0 Å². The fraction of sp³-hybridized carbons (Fsp3) is 0.467. The van der Waals surface area contributed by atoms with Crippen LogP contribution in [0.15, 0.2) is 24.3 Å². The van der Waals surface area contributed by atoms with Gasteiger partial charge in [0, 0.05) is 35.8 Å². The number of fused-ring (bicyclic) bond motifs is 1. The first-order valence-electron chi connectivity index (χ1n) is 6.58. The van der Waals surface area contributed by atoms with Gasteiger partial charge in [-0.3, -0.25) is 0 Å². The number of hydrogen-bond acceptors (Lipinski definition) is 2. The monoisotopic (exact) mass is 246 g/mol. The van der Waals surface area contributed by atoms with Crippen molar-refractivity contribution in [2.75, 3.05) is 6.61 Å². The Morgan fingerprint density at radius 3 is 2.67 bits per heavy atom. The fourth-order valence-electron chi connectivity index (χ4n) is 2.40. The zero-order valence-electron chi connectivity index (χ0n) is 11.4. The van der Waals surface area contributed by atoms with Gasteiger partial charge in [0.2, 0.25) is 0 Å². The number of nitrogens with two attached hydrogens (primary N) is 1. The van der Waals surface area contributed by atoms with Crippen LogP contribution in [-0.4, -0.2) is 11.2 Å². The Balaban J connectivity index is 2.51. The highest BCUT2D eigenvalue weighted by molar-refractivity contribution is 5.82. The lowest BCUT2D eigenvalue weighted by molar-refractivity contribution is 0.128. The third-order valence-electron chi connectivity index (χ3n) is 3.19. The molecule has 0 aliphatic carbocycles. The van der Waals surface area contributed by atoms with Gasteiger partial charge >= 0.3 is 0 Å². The average Bonchev–Trinajstić information content (AvgIpc) is 2.73. The van der Waals surface area contributed by atoms with Gasteiger partial charge in [-0.2, -0.15) is 0 Å². The second-order valence-electron chi connectivity index (χ2n) is 4.83. The molecule has 3 heteroatoms. The lowest BCUT2D eigenvalue weighted by Crippen LogP contribution is -2.06. The van der Waals surface area contributed by atoms with Crippen LogP contribution in [0, 0.1) is 0 Å². The Hall–Kier alpha value is -1.32. The zero-order valence-corrected chi connectivity index (χ0v) is 11.4. The second-order valence-corrected chi connectivity index (χ2v) is 4.83. The number of nitrogens with zero attached hydrogens (tertiary/aromatic N) is 1. The van der Waals surface area contributed by atoms with Gasteiger partial charge in [-0.05, 0) is 44.5 Å². The first-order valence-corrected chi connectivity index (χ1v) is 6.58. The number of rotatable bonds is 5. The van der Waals surface area contributed by atoms with Crippen LogP contribution in [0.5, 0.6) is 0 Å². The summed E-state index contributed by atoms with van der Waals surface area (Å²) < 4.78 is 7.89. The highest BCUT2D eigenvalue weighted by atomic mass is 16.5. The van der Waals surface area contributed by atoms with Crippen molar-refractivity contribution in [3.05, 3.63) is 35.5 Å². The predicted molar refractivity (Wildman–Crippen MR) is 75.5 cm³/mol. The molecule has 0 fully saturated rings. The van der Waals surface area contributed by atoms with E-state index < -0.39 is 0 Å². The summed E-state index contributed by atoms with van der Waals surface area (Å²) in [6.45, 7) is 8.42. The van der Waals surface area contributed by atoms with E-state index in [2.05, 4.69) is 42.7 Å². The fourth-order valence-corrected chi connectivity index (χ4v) is 2.40. The number of aromatic nitrogens is 1. The average molecular weight is 246 g/mol. The van der Waals surface area contributed by atoms with Crippen LogP contribution in [0.1, 0.15) is 38.1 Å². The smallest absolute Gasteiger partial charge is 0.0868 e. The second kappa shape index (κ2) is 5.55. The molecule has 0 bridgehead atoms. The van der Waals surface area contributed by atoms with Crippen molar-refractivity contribution in [2.24, 2.45) is 5.73 Å². The molecule has 2 N–H and O–H groups in total. The van der Waals surface area contributed by atoms with Gasteiger partial charge in [-0.25, -0.2) is 0 Å². The summed E-state index contributed by atoms with van der Waals surface area (Å²) in [5.41, 5.74) is 9.36. The lowest BCUT2D eigenvalue weighted by atomic mass is 10.1. The van der Waals surface area contributed by atoms with E-state index >= 15 is 0 Å². The van der Waals surface area contributed by atoms with E-state index in [1.807, 2.05) is 6.92 Å². The zero-order chi connectivity index (χ0) is 13.1. The normalized spacial score (nSPS) is 11.6. The van der Waals surface area contributed by atoms with E-state index in [-0.39, 0.29) is 0 Å². The maximum atomic E-state index is 5.69. The van der Waals surface area contributed by atoms with E-state index in [4.69, 9.17) is 10.5 Å². The van der Waals surface area contributed by atoms with Gasteiger partial charge < -0.3 is 15.0 Å². The molecule has 1 heterocycles. The first kappa shape index (κ1) is 13.1. The number of benzene rings is 1. The summed E-state index contributed by atoms with van der Waals surface area (Å²) in [6.07, 6.45) is 0. The summed E-state index contributed by atoms with van der Waals surface area (Å²) in [7, 11) is 0. The minimum absolute atomic E-state index is 0.432. The molecule has 0 spiro atoms. The van der Waals surface area contributed by atoms with E-state index in [0.717, 1.165) is 6.61 Å². The van der Waals surface area contributed by atoms with Gasteiger partial charge in [0.1, 0.15) is 0 Å². The Bertz CT molecular complexity index is 529. The Morgan fingerprint density at radius 2 is 2.06 bits per heavy atom. The molecule has 3 nitrogen and oxygen atoms in total. The summed E-state index contributed by atoms with van der Waals surface area (Å²) in [5, 5.41) is 1.25. The molecule has 0 amide bonds. The van der Waals surface area contributed by atoms with Crippen molar-refractivity contribution in [3.63, 3.8) is 0 Å². The summed E-state index contributed by atoms with van der Waals surface area (Å²) in [5.74, 6) is 0. The van der Waals surface area contributed by atoms with Crippen molar-refractivity contribution < 1.29 is 4.74 Å². The van der Waals surface area contributed by atoms with Gasteiger partial charge in [0.05, 0.1) is 6.61 Å². The standard InChI is InChI=1S/C15H22N2O/c1-4-18-10-14-8-13-7-12(9-16)5-6-15(13)17(14)11(2)3/h5-8,11H,4,9-10,16H2,1-3H3. The van der Waals surface area contributed by atoms with Crippen LogP contribution in [0.4, 0.5) is 0 Å². The highest BCUT2D eigenvalue weighted by Gasteiger charge is 2.11. The van der Waals surface area contributed by atoms with Gasteiger partial charge in [0.15, 0.2) is 0 Å². The van der Waals surface area contributed by atoms with Crippen LogP contribution in [0.2, 0.25) is 0 Å². The number of hydrogen-bond donors (Lipinski definition) is 1. The van der Waals surface area contributed by atoms with Crippen LogP contribution in [-0.2, 0) is 17.9 Å². The minimum atomic E-state index is 0.432. The topological polar surface area (TPSA) is 40.2 Å². The van der Waals surface area contributed by atoms with Crippen molar-refractivity contribution in [1.82, 2.24) is 4.57 Å². The third-order valence-corrected chi connectivity index (χ3v) is 3.19. The molecule has 0 aliphatic heterocycles. The number of ether oxygens (including phenoxy) is 1. The molecule has 1 aromatic carbocycles. The largest absolute Gasteiger partial charge is 0.376 e. The van der Waals surface area contributed by atoms with E-state index in [0.29, 0.717) is 19.2 Å². The Labute approximate surface area is 109 Å². The molecule has 1 aromatic heterocycles. The molecule has 0 aliphatic rings.